The molecule has 0 amide bonds. The van der Waals surface area contributed by atoms with E-state index in [2.05, 4.69) is 13.0 Å². The smallest absolute Gasteiger partial charge is 0.154 e. The number of phenols is 2. The highest BCUT2D eigenvalue weighted by Crippen LogP contribution is 2.40. The van der Waals surface area contributed by atoms with E-state index < -0.39 is 0 Å². The predicted molar refractivity (Wildman–Crippen MR) is 108 cm³/mol. The zero-order chi connectivity index (χ0) is 20.3. The molecule has 1 aliphatic carbocycles. The summed E-state index contributed by atoms with van der Waals surface area (Å²) in [6.45, 7) is 7.65. The third-order valence-corrected chi connectivity index (χ3v) is 6.15. The highest BCUT2D eigenvalue weighted by atomic mass is 35.5. The van der Waals surface area contributed by atoms with Gasteiger partial charge >= 0.3 is 0 Å². The first-order valence-corrected chi connectivity index (χ1v) is 9.62. The first-order chi connectivity index (χ1) is 12.7. The molecule has 0 aliphatic heterocycles. The molecule has 4 nitrogen and oxygen atoms in total. The number of aldehydes is 1. The SMILES string of the molecule is CC(C=CC1C(C)CCC(=O)C1C)=CCc1c(O)c(Cl)c(C)c(C=O)c1O. The van der Waals surface area contributed by atoms with Crippen molar-refractivity contribution >= 4 is 23.7 Å². The molecule has 0 radical (unpaired) electrons. The van der Waals surface area contributed by atoms with Crippen molar-refractivity contribution in [3.05, 3.63) is 45.5 Å². The Bertz CT molecular complexity index is 807. The molecule has 1 aromatic carbocycles. The number of rotatable bonds is 5. The molecule has 0 heterocycles. The van der Waals surface area contributed by atoms with Gasteiger partial charge in [0.25, 0.3) is 0 Å². The van der Waals surface area contributed by atoms with Crippen molar-refractivity contribution in [3.63, 3.8) is 0 Å². The van der Waals surface area contributed by atoms with Crippen molar-refractivity contribution in [2.45, 2.75) is 47.0 Å². The average Bonchev–Trinajstić information content (AvgIpc) is 2.63. The fourth-order valence-corrected chi connectivity index (χ4v) is 3.88. The van der Waals surface area contributed by atoms with Crippen LogP contribution in [0.25, 0.3) is 0 Å². The normalized spacial score (nSPS) is 23.8. The molecule has 0 bridgehead atoms. The third kappa shape index (κ3) is 4.44. The molecule has 3 unspecified atom stereocenters. The van der Waals surface area contributed by atoms with Gasteiger partial charge in [-0.3, -0.25) is 9.59 Å². The van der Waals surface area contributed by atoms with Crippen molar-refractivity contribution in [2.75, 3.05) is 0 Å². The lowest BCUT2D eigenvalue weighted by Crippen LogP contribution is -2.30. The van der Waals surface area contributed by atoms with E-state index in [1.165, 1.54) is 0 Å². The maximum absolute atomic E-state index is 12.0. The molecule has 146 valence electrons. The summed E-state index contributed by atoms with van der Waals surface area (Å²) in [5.41, 5.74) is 1.62. The Morgan fingerprint density at radius 1 is 1.26 bits per heavy atom. The van der Waals surface area contributed by atoms with E-state index in [0.29, 0.717) is 30.0 Å². The summed E-state index contributed by atoms with van der Waals surface area (Å²) in [5, 5.41) is 20.6. The number of carbonyl (C=O) groups excluding carboxylic acids is 2. The van der Waals surface area contributed by atoms with Crippen molar-refractivity contribution in [1.82, 2.24) is 0 Å². The summed E-state index contributed by atoms with van der Waals surface area (Å²) < 4.78 is 0. The van der Waals surface area contributed by atoms with Crippen LogP contribution in [0.2, 0.25) is 5.02 Å². The Morgan fingerprint density at radius 3 is 2.56 bits per heavy atom. The van der Waals surface area contributed by atoms with Gasteiger partial charge in [-0.2, -0.15) is 0 Å². The maximum Gasteiger partial charge on any atom is 0.154 e. The molecule has 2 rings (SSSR count). The summed E-state index contributed by atoms with van der Waals surface area (Å²) in [6, 6.07) is 0. The summed E-state index contributed by atoms with van der Waals surface area (Å²) in [6.07, 6.45) is 8.26. The molecule has 27 heavy (non-hydrogen) atoms. The second-order valence-corrected chi connectivity index (χ2v) is 7.88. The number of hydrogen-bond acceptors (Lipinski definition) is 4. The number of carbonyl (C=O) groups is 2. The lowest BCUT2D eigenvalue weighted by molar-refractivity contribution is -0.126. The molecule has 1 fully saturated rings. The highest BCUT2D eigenvalue weighted by molar-refractivity contribution is 6.33. The molecule has 1 aliphatic rings. The predicted octanol–water partition coefficient (Wildman–Crippen LogP) is 5.17. The largest absolute Gasteiger partial charge is 0.507 e. The van der Waals surface area contributed by atoms with E-state index in [9.17, 15) is 19.8 Å². The molecule has 0 aromatic heterocycles. The molecular weight excluding hydrogens is 364 g/mol. The summed E-state index contributed by atoms with van der Waals surface area (Å²) in [7, 11) is 0. The summed E-state index contributed by atoms with van der Waals surface area (Å²) in [4.78, 5) is 23.2. The second-order valence-electron chi connectivity index (χ2n) is 7.51. The highest BCUT2D eigenvalue weighted by Gasteiger charge is 2.31. The molecule has 1 saturated carbocycles. The number of halogens is 1. The van der Waals surface area contributed by atoms with Gasteiger partial charge in [0, 0.05) is 17.9 Å². The van der Waals surface area contributed by atoms with Gasteiger partial charge in [0.2, 0.25) is 0 Å². The Labute approximate surface area is 165 Å². The monoisotopic (exact) mass is 390 g/mol. The van der Waals surface area contributed by atoms with Gasteiger partial charge in [-0.1, -0.05) is 49.2 Å². The first-order valence-electron chi connectivity index (χ1n) is 9.24. The number of aromatic hydroxyl groups is 2. The van der Waals surface area contributed by atoms with Crippen LogP contribution in [0.15, 0.2) is 23.8 Å². The van der Waals surface area contributed by atoms with Crippen LogP contribution in [0.3, 0.4) is 0 Å². The zero-order valence-electron chi connectivity index (χ0n) is 16.3. The van der Waals surface area contributed by atoms with Crippen LogP contribution < -0.4 is 0 Å². The van der Waals surface area contributed by atoms with E-state index in [-0.39, 0.29) is 45.9 Å². The van der Waals surface area contributed by atoms with Crippen LogP contribution in [0.5, 0.6) is 11.5 Å². The Morgan fingerprint density at radius 2 is 1.93 bits per heavy atom. The van der Waals surface area contributed by atoms with E-state index in [0.717, 1.165) is 12.0 Å². The van der Waals surface area contributed by atoms with E-state index in [1.54, 1.807) is 6.92 Å². The van der Waals surface area contributed by atoms with Crippen LogP contribution in [-0.4, -0.2) is 22.3 Å². The van der Waals surface area contributed by atoms with Crippen molar-refractivity contribution in [1.29, 1.82) is 0 Å². The van der Waals surface area contributed by atoms with Crippen LogP contribution in [0.4, 0.5) is 0 Å². The number of hydrogen-bond donors (Lipinski definition) is 2. The van der Waals surface area contributed by atoms with Crippen LogP contribution >= 0.6 is 11.6 Å². The molecule has 0 spiro atoms. The lowest BCUT2D eigenvalue weighted by Gasteiger charge is -2.31. The van der Waals surface area contributed by atoms with Gasteiger partial charge in [-0.25, -0.2) is 0 Å². The minimum absolute atomic E-state index is 0.0249. The molecular formula is C22H27ClO4. The second kappa shape index (κ2) is 8.75. The Balaban J connectivity index is 2.22. The number of allylic oxidation sites excluding steroid dienone is 4. The number of benzene rings is 1. The number of phenolic OH excluding ortho intramolecular Hbond substituents is 2. The lowest BCUT2D eigenvalue weighted by atomic mass is 9.72. The van der Waals surface area contributed by atoms with Gasteiger partial charge in [0.15, 0.2) is 6.29 Å². The van der Waals surface area contributed by atoms with E-state index >= 15 is 0 Å². The fraction of sp³-hybridized carbons (Fsp3) is 0.455. The number of ketones is 1. The summed E-state index contributed by atoms with van der Waals surface area (Å²) >= 11 is 6.08. The fourth-order valence-electron chi connectivity index (χ4n) is 3.67. The van der Waals surface area contributed by atoms with Crippen LogP contribution in [0.1, 0.15) is 55.1 Å². The maximum atomic E-state index is 12.0. The topological polar surface area (TPSA) is 74.6 Å². The zero-order valence-corrected chi connectivity index (χ0v) is 17.0. The van der Waals surface area contributed by atoms with Gasteiger partial charge < -0.3 is 10.2 Å². The molecule has 5 heteroatoms. The molecule has 0 saturated heterocycles. The Kier molecular flexibility index (Phi) is 6.88. The van der Waals surface area contributed by atoms with Gasteiger partial charge in [0.05, 0.1) is 10.6 Å². The third-order valence-electron chi connectivity index (χ3n) is 5.68. The minimum atomic E-state index is -0.238. The van der Waals surface area contributed by atoms with Crippen LogP contribution in [0, 0.1) is 24.7 Å². The van der Waals surface area contributed by atoms with Crippen molar-refractivity contribution < 1.29 is 19.8 Å². The molecule has 2 N–H and O–H groups in total. The van der Waals surface area contributed by atoms with Gasteiger partial charge in [-0.15, -0.1) is 0 Å². The Hall–Kier alpha value is -2.07. The standard InChI is InChI=1S/C22H27ClO4/c1-12(5-8-16-13(2)7-10-19(25)14(16)3)6-9-17-21(26)18(11-24)15(4)20(23)22(17)27/h5-6,8,11,13-14,16,26-27H,7,9-10H2,1-4H3. The molecule has 3 atom stereocenters. The minimum Gasteiger partial charge on any atom is -0.507 e. The van der Waals surface area contributed by atoms with Crippen molar-refractivity contribution in [3.8, 4) is 11.5 Å². The number of Topliss-reactive ketones (excluding diaryl/α,β-unsaturated/α-hetero) is 1. The summed E-state index contributed by atoms with van der Waals surface area (Å²) in [5.74, 6) is 0.572. The molecule has 1 aromatic rings. The van der Waals surface area contributed by atoms with Gasteiger partial charge in [-0.05, 0) is 44.1 Å². The van der Waals surface area contributed by atoms with E-state index in [1.807, 2.05) is 26.0 Å². The average molecular weight is 391 g/mol. The van der Waals surface area contributed by atoms with Crippen molar-refractivity contribution in [2.24, 2.45) is 17.8 Å². The van der Waals surface area contributed by atoms with Gasteiger partial charge in [0.1, 0.15) is 17.3 Å². The van der Waals surface area contributed by atoms with Crippen LogP contribution in [-0.2, 0) is 11.2 Å². The van der Waals surface area contributed by atoms with E-state index in [4.69, 9.17) is 11.6 Å². The quantitative estimate of drug-likeness (QED) is 0.537. The first kappa shape index (κ1) is 21.2.